The quantitative estimate of drug-likeness (QED) is 0.618. The molecule has 0 aliphatic heterocycles. The molecule has 1 atom stereocenters. The second-order valence-corrected chi connectivity index (χ2v) is 5.56. The van der Waals surface area contributed by atoms with Crippen molar-refractivity contribution in [1.29, 1.82) is 0 Å². The molecule has 0 fully saturated rings. The summed E-state index contributed by atoms with van der Waals surface area (Å²) in [5, 5.41) is 0. The first-order valence-corrected chi connectivity index (χ1v) is 6.70. The van der Waals surface area contributed by atoms with Gasteiger partial charge in [-0.05, 0) is 51.4 Å². The second-order valence-electron chi connectivity index (χ2n) is 5.56. The Hall–Kier alpha value is -0.590. The smallest absolute Gasteiger partial charge is 0.133 e. The molecule has 0 N–H and O–H groups in total. The third-order valence-electron chi connectivity index (χ3n) is 4.25. The monoisotopic (exact) mass is 222 g/mol. The lowest BCUT2D eigenvalue weighted by Crippen LogP contribution is -2.27. The molecule has 1 nitrogen and oxygen atoms in total. The van der Waals surface area contributed by atoms with Crippen molar-refractivity contribution in [2.75, 3.05) is 0 Å². The van der Waals surface area contributed by atoms with Gasteiger partial charge in [-0.25, -0.2) is 0 Å². The molecular weight excluding hydrogens is 196 g/mol. The molecule has 1 aliphatic rings. The molecule has 0 saturated heterocycles. The van der Waals surface area contributed by atoms with Crippen molar-refractivity contribution < 1.29 is 4.79 Å². The maximum absolute atomic E-state index is 11.8. The SMILES string of the molecule is CCCC(=O)CC1(CC)CCC(C)=C(C)C1. The van der Waals surface area contributed by atoms with Crippen LogP contribution in [0.4, 0.5) is 0 Å². The zero-order valence-corrected chi connectivity index (χ0v) is 11.4. The first kappa shape index (κ1) is 13.5. The van der Waals surface area contributed by atoms with E-state index in [1.165, 1.54) is 18.4 Å². The number of ketones is 1. The summed E-state index contributed by atoms with van der Waals surface area (Å²) in [4.78, 5) is 11.8. The van der Waals surface area contributed by atoms with Gasteiger partial charge in [0.1, 0.15) is 5.78 Å². The van der Waals surface area contributed by atoms with Crippen molar-refractivity contribution in [3.05, 3.63) is 11.1 Å². The Labute approximate surface area is 100 Å². The molecule has 0 heterocycles. The molecule has 1 heteroatoms. The molecule has 0 radical (unpaired) electrons. The Morgan fingerprint density at radius 2 is 1.94 bits per heavy atom. The summed E-state index contributed by atoms with van der Waals surface area (Å²) in [7, 11) is 0. The third-order valence-corrected chi connectivity index (χ3v) is 4.25. The maximum atomic E-state index is 11.8. The predicted octanol–water partition coefficient (Wildman–Crippen LogP) is 4.66. The highest BCUT2D eigenvalue weighted by Crippen LogP contribution is 2.44. The summed E-state index contributed by atoms with van der Waals surface area (Å²) < 4.78 is 0. The first-order valence-electron chi connectivity index (χ1n) is 6.70. The molecule has 1 unspecified atom stereocenters. The number of carbonyl (C=O) groups excluding carboxylic acids is 1. The summed E-state index contributed by atoms with van der Waals surface area (Å²) in [6.07, 6.45) is 7.26. The predicted molar refractivity (Wildman–Crippen MR) is 69.5 cm³/mol. The number of rotatable bonds is 5. The van der Waals surface area contributed by atoms with Crippen LogP contribution < -0.4 is 0 Å². The van der Waals surface area contributed by atoms with Gasteiger partial charge < -0.3 is 0 Å². The molecule has 0 aromatic heterocycles. The van der Waals surface area contributed by atoms with E-state index in [0.717, 1.165) is 32.1 Å². The minimum absolute atomic E-state index is 0.288. The molecule has 0 aromatic rings. The van der Waals surface area contributed by atoms with Gasteiger partial charge in [0.25, 0.3) is 0 Å². The number of hydrogen-bond donors (Lipinski definition) is 0. The maximum Gasteiger partial charge on any atom is 0.133 e. The molecular formula is C15H26O. The summed E-state index contributed by atoms with van der Waals surface area (Å²) in [5.41, 5.74) is 3.36. The van der Waals surface area contributed by atoms with Crippen LogP contribution in [0.2, 0.25) is 0 Å². The zero-order chi connectivity index (χ0) is 12.2. The Morgan fingerprint density at radius 1 is 1.25 bits per heavy atom. The van der Waals surface area contributed by atoms with Gasteiger partial charge >= 0.3 is 0 Å². The fraction of sp³-hybridized carbons (Fsp3) is 0.800. The van der Waals surface area contributed by atoms with Crippen molar-refractivity contribution in [2.45, 2.75) is 72.6 Å². The fourth-order valence-corrected chi connectivity index (χ4v) is 2.83. The van der Waals surface area contributed by atoms with Gasteiger partial charge in [0.15, 0.2) is 0 Å². The minimum Gasteiger partial charge on any atom is -0.300 e. The van der Waals surface area contributed by atoms with E-state index in [1.807, 2.05) is 0 Å². The van der Waals surface area contributed by atoms with Crippen molar-refractivity contribution >= 4 is 5.78 Å². The Bertz CT molecular complexity index is 288. The summed E-state index contributed by atoms with van der Waals surface area (Å²) in [5.74, 6) is 0.469. The third kappa shape index (κ3) is 3.20. The summed E-state index contributed by atoms with van der Waals surface area (Å²) in [6, 6.07) is 0. The zero-order valence-electron chi connectivity index (χ0n) is 11.4. The lowest BCUT2D eigenvalue weighted by atomic mass is 9.67. The van der Waals surface area contributed by atoms with Crippen LogP contribution in [0.5, 0.6) is 0 Å². The topological polar surface area (TPSA) is 17.1 Å². The highest BCUT2D eigenvalue weighted by atomic mass is 16.1. The van der Waals surface area contributed by atoms with E-state index in [2.05, 4.69) is 27.7 Å². The minimum atomic E-state index is 0.288. The van der Waals surface area contributed by atoms with E-state index >= 15 is 0 Å². The van der Waals surface area contributed by atoms with E-state index in [1.54, 1.807) is 5.57 Å². The number of hydrogen-bond acceptors (Lipinski definition) is 1. The Balaban J connectivity index is 2.69. The second kappa shape index (κ2) is 5.65. The molecule has 0 saturated carbocycles. The van der Waals surface area contributed by atoms with Crippen molar-refractivity contribution in [1.82, 2.24) is 0 Å². The van der Waals surface area contributed by atoms with Crippen molar-refractivity contribution in [2.24, 2.45) is 5.41 Å². The average molecular weight is 222 g/mol. The van der Waals surface area contributed by atoms with E-state index in [9.17, 15) is 4.79 Å². The number of Topliss-reactive ketones (excluding diaryl/α,β-unsaturated/α-hetero) is 1. The van der Waals surface area contributed by atoms with E-state index in [0.29, 0.717) is 5.78 Å². The van der Waals surface area contributed by atoms with Crippen LogP contribution in [0, 0.1) is 5.41 Å². The largest absolute Gasteiger partial charge is 0.300 e. The van der Waals surface area contributed by atoms with Crippen LogP contribution in [-0.2, 0) is 4.79 Å². The lowest BCUT2D eigenvalue weighted by molar-refractivity contribution is -0.121. The van der Waals surface area contributed by atoms with Crippen molar-refractivity contribution in [3.63, 3.8) is 0 Å². The molecule has 0 bridgehead atoms. The van der Waals surface area contributed by atoms with Crippen LogP contribution in [0.15, 0.2) is 11.1 Å². The molecule has 0 spiro atoms. The Kier molecular flexibility index (Phi) is 4.76. The highest BCUT2D eigenvalue weighted by Gasteiger charge is 2.33. The van der Waals surface area contributed by atoms with Gasteiger partial charge in [-0.2, -0.15) is 0 Å². The van der Waals surface area contributed by atoms with Crippen LogP contribution in [0.1, 0.15) is 72.6 Å². The van der Waals surface area contributed by atoms with Gasteiger partial charge in [-0.3, -0.25) is 4.79 Å². The van der Waals surface area contributed by atoms with Crippen molar-refractivity contribution in [3.8, 4) is 0 Å². The normalized spacial score (nSPS) is 26.0. The number of carbonyl (C=O) groups is 1. The van der Waals surface area contributed by atoms with Crippen LogP contribution in [0.25, 0.3) is 0 Å². The average Bonchev–Trinajstić information content (AvgIpc) is 2.24. The van der Waals surface area contributed by atoms with Crippen LogP contribution in [-0.4, -0.2) is 5.78 Å². The first-order chi connectivity index (χ1) is 7.53. The van der Waals surface area contributed by atoms with E-state index in [-0.39, 0.29) is 5.41 Å². The fourth-order valence-electron chi connectivity index (χ4n) is 2.83. The van der Waals surface area contributed by atoms with Crippen LogP contribution >= 0.6 is 0 Å². The van der Waals surface area contributed by atoms with Gasteiger partial charge in [0.05, 0.1) is 0 Å². The molecule has 1 aliphatic carbocycles. The van der Waals surface area contributed by atoms with Gasteiger partial charge in [-0.15, -0.1) is 0 Å². The van der Waals surface area contributed by atoms with Gasteiger partial charge in [0.2, 0.25) is 0 Å². The molecule has 92 valence electrons. The lowest BCUT2D eigenvalue weighted by Gasteiger charge is -2.37. The summed E-state index contributed by atoms with van der Waals surface area (Å²) in [6.45, 7) is 8.81. The van der Waals surface area contributed by atoms with E-state index in [4.69, 9.17) is 0 Å². The molecule has 1 rings (SSSR count). The Morgan fingerprint density at radius 3 is 2.44 bits per heavy atom. The molecule has 16 heavy (non-hydrogen) atoms. The molecule has 0 aromatic carbocycles. The van der Waals surface area contributed by atoms with E-state index < -0.39 is 0 Å². The van der Waals surface area contributed by atoms with Gasteiger partial charge in [-0.1, -0.05) is 25.0 Å². The number of allylic oxidation sites excluding steroid dienone is 2. The highest BCUT2D eigenvalue weighted by molar-refractivity contribution is 5.79. The standard InChI is InChI=1S/C15H26O/c1-5-7-14(16)11-15(6-2)9-8-12(3)13(4)10-15/h5-11H2,1-4H3. The molecule has 0 amide bonds. The van der Waals surface area contributed by atoms with Crippen LogP contribution in [0.3, 0.4) is 0 Å². The summed E-state index contributed by atoms with van der Waals surface area (Å²) >= 11 is 0. The van der Waals surface area contributed by atoms with Gasteiger partial charge in [0, 0.05) is 12.8 Å².